The summed E-state index contributed by atoms with van der Waals surface area (Å²) in [4.78, 5) is 13.7. The van der Waals surface area contributed by atoms with Gasteiger partial charge in [0.2, 0.25) is 0 Å². The maximum absolute atomic E-state index is 11.1. The predicted molar refractivity (Wildman–Crippen MR) is 79.1 cm³/mol. The van der Waals surface area contributed by atoms with Gasteiger partial charge < -0.3 is 10.1 Å². The molecule has 1 aliphatic heterocycles. The first-order valence-corrected chi connectivity index (χ1v) is 7.20. The number of amides is 1. The summed E-state index contributed by atoms with van der Waals surface area (Å²) >= 11 is 0. The first-order chi connectivity index (χ1) is 9.74. The van der Waals surface area contributed by atoms with E-state index in [0.29, 0.717) is 6.04 Å². The van der Waals surface area contributed by atoms with E-state index in [9.17, 15) is 4.79 Å². The Morgan fingerprint density at radius 3 is 2.55 bits per heavy atom. The number of nitrogens with zero attached hydrogens (tertiary/aromatic N) is 1. The lowest BCUT2D eigenvalue weighted by Crippen LogP contribution is -2.27. The number of hydrogen-bond donors (Lipinski definition) is 2. The van der Waals surface area contributed by atoms with Gasteiger partial charge in [0.1, 0.15) is 0 Å². The molecule has 108 valence electrons. The molecular formula is C15H21N3O2. The van der Waals surface area contributed by atoms with E-state index in [1.165, 1.54) is 32.9 Å². The van der Waals surface area contributed by atoms with Gasteiger partial charge in [0, 0.05) is 36.5 Å². The summed E-state index contributed by atoms with van der Waals surface area (Å²) in [6.45, 7) is 2.36. The molecular weight excluding hydrogens is 254 g/mol. The van der Waals surface area contributed by atoms with Gasteiger partial charge in [0.05, 0.1) is 7.11 Å². The van der Waals surface area contributed by atoms with Gasteiger partial charge in [0.25, 0.3) is 0 Å². The van der Waals surface area contributed by atoms with Crippen LogP contribution in [0.5, 0.6) is 0 Å². The van der Waals surface area contributed by atoms with E-state index in [1.54, 1.807) is 0 Å². The molecule has 1 saturated heterocycles. The molecule has 1 aliphatic carbocycles. The summed E-state index contributed by atoms with van der Waals surface area (Å²) in [5.74, 6) is 0. The van der Waals surface area contributed by atoms with Gasteiger partial charge in [-0.1, -0.05) is 0 Å². The Labute approximate surface area is 119 Å². The van der Waals surface area contributed by atoms with Crippen LogP contribution < -0.4 is 10.6 Å². The average Bonchev–Trinajstić information content (AvgIpc) is 3.21. The van der Waals surface area contributed by atoms with Crippen molar-refractivity contribution in [3.05, 3.63) is 24.3 Å². The fraction of sp³-hybridized carbons (Fsp3) is 0.533. The molecule has 0 radical (unpaired) electrons. The molecule has 1 heterocycles. The van der Waals surface area contributed by atoms with Crippen LogP contribution in [0.4, 0.5) is 16.2 Å². The maximum atomic E-state index is 11.1. The van der Waals surface area contributed by atoms with Crippen LogP contribution in [0.15, 0.2) is 24.3 Å². The van der Waals surface area contributed by atoms with E-state index in [2.05, 4.69) is 20.3 Å². The number of nitrogens with one attached hydrogen (secondary N) is 2. The maximum Gasteiger partial charge on any atom is 0.411 e. The third-order valence-electron chi connectivity index (χ3n) is 3.97. The van der Waals surface area contributed by atoms with Crippen LogP contribution in [0.3, 0.4) is 0 Å². The topological polar surface area (TPSA) is 53.6 Å². The normalized spacial score (nSPS) is 22.6. The number of benzene rings is 1. The van der Waals surface area contributed by atoms with E-state index in [1.807, 2.05) is 24.3 Å². The number of ether oxygens (including phenoxy) is 1. The van der Waals surface area contributed by atoms with Gasteiger partial charge in [-0.25, -0.2) is 4.79 Å². The van der Waals surface area contributed by atoms with Crippen molar-refractivity contribution in [2.45, 2.75) is 31.3 Å². The summed E-state index contributed by atoms with van der Waals surface area (Å²) in [5.41, 5.74) is 1.84. The van der Waals surface area contributed by atoms with Crippen molar-refractivity contribution in [2.24, 2.45) is 0 Å². The van der Waals surface area contributed by atoms with Crippen molar-refractivity contribution < 1.29 is 9.53 Å². The number of likely N-dealkylation sites (tertiary alicyclic amines) is 1. The van der Waals surface area contributed by atoms with Gasteiger partial charge >= 0.3 is 6.09 Å². The minimum atomic E-state index is -0.443. The molecule has 0 spiro atoms. The Bertz CT molecular complexity index is 471. The third-order valence-corrected chi connectivity index (χ3v) is 3.97. The van der Waals surface area contributed by atoms with E-state index >= 15 is 0 Å². The lowest BCUT2D eigenvalue weighted by Gasteiger charge is -2.17. The summed E-state index contributed by atoms with van der Waals surface area (Å²) in [6.07, 6.45) is 3.52. The second-order valence-electron chi connectivity index (χ2n) is 5.55. The highest BCUT2D eigenvalue weighted by Gasteiger charge is 2.34. The number of carbonyl (C=O) groups excluding carboxylic acids is 1. The van der Waals surface area contributed by atoms with Crippen LogP contribution in [0, 0.1) is 0 Å². The molecule has 5 nitrogen and oxygen atoms in total. The van der Waals surface area contributed by atoms with Crippen LogP contribution in [0.2, 0.25) is 0 Å². The highest BCUT2D eigenvalue weighted by Crippen LogP contribution is 2.30. The van der Waals surface area contributed by atoms with E-state index in [4.69, 9.17) is 0 Å². The summed E-state index contributed by atoms with van der Waals surface area (Å²) in [7, 11) is 1.36. The van der Waals surface area contributed by atoms with Crippen LogP contribution in [0.1, 0.15) is 19.3 Å². The molecule has 2 N–H and O–H groups in total. The Morgan fingerprint density at radius 1 is 1.20 bits per heavy atom. The zero-order valence-corrected chi connectivity index (χ0v) is 11.8. The van der Waals surface area contributed by atoms with Gasteiger partial charge in [-0.15, -0.1) is 0 Å². The van der Waals surface area contributed by atoms with Crippen molar-refractivity contribution in [3.8, 4) is 0 Å². The highest BCUT2D eigenvalue weighted by atomic mass is 16.5. The van der Waals surface area contributed by atoms with Gasteiger partial charge in [-0.3, -0.25) is 10.2 Å². The molecule has 1 aromatic rings. The largest absolute Gasteiger partial charge is 0.453 e. The molecule has 1 aromatic carbocycles. The standard InChI is InChI=1S/C15H21N3O2/c1-20-15(19)17-12-4-2-11(3-5-12)16-13-8-9-18(10-13)14-6-7-14/h2-5,13-14,16H,6-10H2,1H3,(H,17,19). The second-order valence-corrected chi connectivity index (χ2v) is 5.55. The molecule has 1 unspecified atom stereocenters. The third kappa shape index (κ3) is 3.22. The van der Waals surface area contributed by atoms with Gasteiger partial charge in [-0.2, -0.15) is 0 Å². The number of rotatable bonds is 4. The van der Waals surface area contributed by atoms with E-state index in [0.717, 1.165) is 24.0 Å². The lowest BCUT2D eigenvalue weighted by atomic mass is 10.2. The minimum Gasteiger partial charge on any atom is -0.453 e. The summed E-state index contributed by atoms with van der Waals surface area (Å²) in [6, 6.07) is 9.14. The van der Waals surface area contributed by atoms with E-state index < -0.39 is 6.09 Å². The minimum absolute atomic E-state index is 0.443. The van der Waals surface area contributed by atoms with E-state index in [-0.39, 0.29) is 0 Å². The Kier molecular flexibility index (Phi) is 3.78. The smallest absolute Gasteiger partial charge is 0.411 e. The molecule has 0 aromatic heterocycles. The van der Waals surface area contributed by atoms with Gasteiger partial charge in [-0.05, 0) is 43.5 Å². The number of hydrogen-bond acceptors (Lipinski definition) is 4. The van der Waals surface area contributed by atoms with Crippen LogP contribution >= 0.6 is 0 Å². The van der Waals surface area contributed by atoms with Crippen molar-refractivity contribution in [2.75, 3.05) is 30.8 Å². The lowest BCUT2D eigenvalue weighted by molar-refractivity contribution is 0.187. The quantitative estimate of drug-likeness (QED) is 0.886. The monoisotopic (exact) mass is 275 g/mol. The van der Waals surface area contributed by atoms with Crippen molar-refractivity contribution >= 4 is 17.5 Å². The summed E-state index contributed by atoms with van der Waals surface area (Å²) < 4.78 is 4.56. The number of carbonyl (C=O) groups is 1. The molecule has 20 heavy (non-hydrogen) atoms. The van der Waals surface area contributed by atoms with Crippen LogP contribution in [-0.2, 0) is 4.74 Å². The molecule has 1 atom stereocenters. The summed E-state index contributed by atoms with van der Waals surface area (Å²) in [5, 5.41) is 6.21. The average molecular weight is 275 g/mol. The van der Waals surface area contributed by atoms with Crippen molar-refractivity contribution in [1.82, 2.24) is 4.90 Å². The fourth-order valence-corrected chi connectivity index (χ4v) is 2.73. The Balaban J connectivity index is 1.51. The molecule has 1 amide bonds. The Hall–Kier alpha value is -1.75. The first kappa shape index (κ1) is 13.2. The number of anilines is 2. The predicted octanol–water partition coefficient (Wildman–Crippen LogP) is 2.51. The zero-order valence-electron chi connectivity index (χ0n) is 11.8. The van der Waals surface area contributed by atoms with Crippen LogP contribution in [0.25, 0.3) is 0 Å². The molecule has 3 rings (SSSR count). The molecule has 5 heteroatoms. The fourth-order valence-electron chi connectivity index (χ4n) is 2.73. The number of methoxy groups -OCH3 is 1. The molecule has 2 fully saturated rings. The SMILES string of the molecule is COC(=O)Nc1ccc(NC2CCN(C3CC3)C2)cc1. The van der Waals surface area contributed by atoms with Gasteiger partial charge in [0.15, 0.2) is 0 Å². The second kappa shape index (κ2) is 5.71. The first-order valence-electron chi connectivity index (χ1n) is 7.20. The van der Waals surface area contributed by atoms with Crippen LogP contribution in [-0.4, -0.2) is 43.3 Å². The molecule has 2 aliphatic rings. The zero-order chi connectivity index (χ0) is 13.9. The Morgan fingerprint density at radius 2 is 1.90 bits per heavy atom. The molecule has 0 bridgehead atoms. The van der Waals surface area contributed by atoms with Crippen molar-refractivity contribution in [1.29, 1.82) is 0 Å². The highest BCUT2D eigenvalue weighted by molar-refractivity contribution is 5.84. The molecule has 1 saturated carbocycles. The van der Waals surface area contributed by atoms with Crippen molar-refractivity contribution in [3.63, 3.8) is 0 Å².